The molecule has 0 amide bonds. The number of nitrogens with zero attached hydrogens (tertiary/aromatic N) is 3. The normalized spacial score (nSPS) is 19.1. The molecule has 142 valence electrons. The third kappa shape index (κ3) is 2.07. The van der Waals surface area contributed by atoms with Crippen LogP contribution in [0.2, 0.25) is 0 Å². The smallest absolute Gasteiger partial charge is 0.263 e. The molecule has 2 aliphatic rings. The number of pyridine rings is 1. The minimum atomic E-state index is -0.159. The Morgan fingerprint density at radius 1 is 1.03 bits per heavy atom. The highest BCUT2D eigenvalue weighted by Gasteiger charge is 2.45. The average molecular weight is 380 g/mol. The Kier molecular flexibility index (Phi) is 3.28. The first-order valence-corrected chi connectivity index (χ1v) is 10.0. The van der Waals surface area contributed by atoms with E-state index in [4.69, 9.17) is 0 Å². The van der Waals surface area contributed by atoms with Crippen molar-refractivity contribution in [2.45, 2.75) is 31.6 Å². The summed E-state index contributed by atoms with van der Waals surface area (Å²) in [7, 11) is 0. The molecule has 1 aliphatic heterocycles. The molecular weight excluding hydrogens is 360 g/mol. The van der Waals surface area contributed by atoms with Crippen LogP contribution in [0, 0.1) is 0 Å². The average Bonchev–Trinajstić information content (AvgIpc) is 3.37. The molecule has 5 nitrogen and oxygen atoms in total. The molecular formula is C24H20N4O. The van der Waals surface area contributed by atoms with Crippen LogP contribution in [0.25, 0.3) is 28.2 Å². The molecule has 0 radical (unpaired) electrons. The molecule has 6 rings (SSSR count). The molecule has 1 atom stereocenters. The van der Waals surface area contributed by atoms with Crippen molar-refractivity contribution in [1.29, 1.82) is 0 Å². The molecule has 29 heavy (non-hydrogen) atoms. The van der Waals surface area contributed by atoms with Crippen LogP contribution >= 0.6 is 0 Å². The second-order valence-corrected chi connectivity index (χ2v) is 8.12. The zero-order chi connectivity index (χ0) is 19.6. The summed E-state index contributed by atoms with van der Waals surface area (Å²) in [5.41, 5.74) is 6.96. The van der Waals surface area contributed by atoms with Gasteiger partial charge < -0.3 is 0 Å². The number of benzene rings is 2. The summed E-state index contributed by atoms with van der Waals surface area (Å²) in [6, 6.07) is 18.3. The van der Waals surface area contributed by atoms with E-state index in [1.54, 1.807) is 0 Å². The van der Waals surface area contributed by atoms with Gasteiger partial charge in [-0.15, -0.1) is 0 Å². The van der Waals surface area contributed by atoms with Crippen molar-refractivity contribution in [1.82, 2.24) is 19.7 Å². The monoisotopic (exact) mass is 380 g/mol. The van der Waals surface area contributed by atoms with Crippen LogP contribution in [0.3, 0.4) is 0 Å². The lowest BCUT2D eigenvalue weighted by Crippen LogP contribution is -2.32. The van der Waals surface area contributed by atoms with Gasteiger partial charge in [0.15, 0.2) is 5.82 Å². The number of rotatable bonds is 2. The minimum Gasteiger partial charge on any atom is -0.279 e. The van der Waals surface area contributed by atoms with E-state index in [0.717, 1.165) is 41.8 Å². The molecule has 3 heterocycles. The Balaban J connectivity index is 1.83. The highest BCUT2D eigenvalue weighted by molar-refractivity contribution is 5.85. The first kappa shape index (κ1) is 16.5. The number of H-pyrrole nitrogens is 1. The van der Waals surface area contributed by atoms with Crippen molar-refractivity contribution >= 4 is 0 Å². The summed E-state index contributed by atoms with van der Waals surface area (Å²) in [4.78, 5) is 18.5. The number of hydrogen-bond acceptors (Lipinski definition) is 3. The van der Waals surface area contributed by atoms with Crippen molar-refractivity contribution < 1.29 is 0 Å². The third-order valence-corrected chi connectivity index (χ3v) is 6.56. The van der Waals surface area contributed by atoms with E-state index in [-0.39, 0.29) is 11.0 Å². The van der Waals surface area contributed by atoms with Gasteiger partial charge in [0.05, 0.1) is 11.3 Å². The Bertz CT molecular complexity index is 1300. The van der Waals surface area contributed by atoms with Crippen molar-refractivity contribution in [2.75, 3.05) is 0 Å². The predicted octanol–water partition coefficient (Wildman–Crippen LogP) is 4.25. The summed E-state index contributed by atoms with van der Waals surface area (Å²) in [6.07, 6.45) is 4.55. The highest BCUT2D eigenvalue weighted by Crippen LogP contribution is 2.51. The van der Waals surface area contributed by atoms with Gasteiger partial charge in [-0.2, -0.15) is 5.10 Å². The van der Waals surface area contributed by atoms with Crippen LogP contribution in [0.4, 0.5) is 0 Å². The van der Waals surface area contributed by atoms with Gasteiger partial charge in [-0.1, -0.05) is 48.5 Å². The van der Waals surface area contributed by atoms with E-state index in [0.29, 0.717) is 11.4 Å². The lowest BCUT2D eigenvalue weighted by Gasteiger charge is -2.34. The number of aromatic amines is 1. The van der Waals surface area contributed by atoms with Crippen LogP contribution < -0.4 is 5.56 Å². The molecule has 5 heteroatoms. The molecule has 2 aromatic heterocycles. The Morgan fingerprint density at radius 2 is 1.83 bits per heavy atom. The third-order valence-electron chi connectivity index (χ3n) is 6.56. The molecule has 1 unspecified atom stereocenters. The Morgan fingerprint density at radius 3 is 2.62 bits per heavy atom. The van der Waals surface area contributed by atoms with E-state index < -0.39 is 0 Å². The van der Waals surface area contributed by atoms with Crippen LogP contribution in [-0.4, -0.2) is 19.7 Å². The maximum atomic E-state index is 14.0. The molecule has 0 saturated carbocycles. The summed E-state index contributed by atoms with van der Waals surface area (Å²) in [5, 5.41) is 7.10. The summed E-state index contributed by atoms with van der Waals surface area (Å²) in [6.45, 7) is 2.28. The molecule has 2 aromatic carbocycles. The van der Waals surface area contributed by atoms with Gasteiger partial charge in [0.2, 0.25) is 0 Å². The van der Waals surface area contributed by atoms with Crippen molar-refractivity contribution in [3.8, 4) is 28.2 Å². The molecule has 0 fully saturated rings. The maximum absolute atomic E-state index is 14.0. The lowest BCUT2D eigenvalue weighted by atomic mass is 9.70. The van der Waals surface area contributed by atoms with Crippen LogP contribution in [0.1, 0.15) is 36.6 Å². The molecule has 0 bridgehead atoms. The lowest BCUT2D eigenvalue weighted by molar-refractivity contribution is 0.462. The quantitative estimate of drug-likeness (QED) is 0.566. The number of aromatic nitrogens is 4. The SMILES string of the molecule is CC12CCCc3c(-c4ncn[nH]4)c(-c4ccccc4)c(=O)n(c31)-c1ccccc12. The number of fused-ring (bicyclic) bond motifs is 3. The molecule has 0 spiro atoms. The Hall–Kier alpha value is -3.47. The van der Waals surface area contributed by atoms with Gasteiger partial charge in [-0.3, -0.25) is 14.5 Å². The van der Waals surface area contributed by atoms with Crippen LogP contribution in [-0.2, 0) is 11.8 Å². The van der Waals surface area contributed by atoms with Gasteiger partial charge in [0.1, 0.15) is 6.33 Å². The standard InChI is InChI=1S/C24H20N4O/c1-24-13-7-10-16-20(22-25-14-26-27-22)19(15-8-3-2-4-9-15)23(29)28(21(16)24)18-12-6-5-11-17(18)24/h2-6,8-9,11-12,14H,7,10,13H2,1H3,(H,25,26,27). The topological polar surface area (TPSA) is 63.6 Å². The summed E-state index contributed by atoms with van der Waals surface area (Å²) in [5.74, 6) is 0.666. The summed E-state index contributed by atoms with van der Waals surface area (Å²) >= 11 is 0. The fourth-order valence-corrected chi connectivity index (χ4v) is 5.37. The van der Waals surface area contributed by atoms with Crippen molar-refractivity contribution in [3.63, 3.8) is 0 Å². The molecule has 1 N–H and O–H groups in total. The van der Waals surface area contributed by atoms with Crippen molar-refractivity contribution in [3.05, 3.63) is 88.1 Å². The van der Waals surface area contributed by atoms with E-state index in [2.05, 4.69) is 40.3 Å². The number of hydrogen-bond donors (Lipinski definition) is 1. The van der Waals surface area contributed by atoms with Crippen molar-refractivity contribution in [2.24, 2.45) is 0 Å². The van der Waals surface area contributed by atoms with Crippen LogP contribution in [0.5, 0.6) is 0 Å². The van der Waals surface area contributed by atoms with Gasteiger partial charge >= 0.3 is 0 Å². The predicted molar refractivity (Wildman–Crippen MR) is 112 cm³/mol. The van der Waals surface area contributed by atoms with E-state index >= 15 is 0 Å². The molecule has 1 aliphatic carbocycles. The summed E-state index contributed by atoms with van der Waals surface area (Å²) < 4.78 is 1.96. The second-order valence-electron chi connectivity index (χ2n) is 8.12. The molecule has 4 aromatic rings. The molecule has 0 saturated heterocycles. The number of para-hydroxylation sites is 1. The minimum absolute atomic E-state index is 0.0134. The largest absolute Gasteiger partial charge is 0.279 e. The van der Waals surface area contributed by atoms with Crippen LogP contribution in [0.15, 0.2) is 65.7 Å². The highest BCUT2D eigenvalue weighted by atomic mass is 16.1. The fourth-order valence-electron chi connectivity index (χ4n) is 5.37. The number of nitrogens with one attached hydrogen (secondary N) is 1. The first-order chi connectivity index (χ1) is 14.2. The van der Waals surface area contributed by atoms with E-state index in [9.17, 15) is 4.79 Å². The zero-order valence-electron chi connectivity index (χ0n) is 16.1. The Labute approximate surface area is 168 Å². The van der Waals surface area contributed by atoms with E-state index in [1.807, 2.05) is 41.0 Å². The second kappa shape index (κ2) is 5.77. The first-order valence-electron chi connectivity index (χ1n) is 10.0. The maximum Gasteiger partial charge on any atom is 0.263 e. The van der Waals surface area contributed by atoms with E-state index in [1.165, 1.54) is 17.5 Å². The van der Waals surface area contributed by atoms with Gasteiger partial charge in [-0.25, -0.2) is 4.98 Å². The van der Waals surface area contributed by atoms with Gasteiger partial charge in [0.25, 0.3) is 5.56 Å². The zero-order valence-corrected chi connectivity index (χ0v) is 16.1. The van der Waals surface area contributed by atoms with Gasteiger partial charge in [0, 0.05) is 16.7 Å². The van der Waals surface area contributed by atoms with Gasteiger partial charge in [-0.05, 0) is 48.9 Å². The fraction of sp³-hybridized carbons (Fsp3) is 0.208.